The molecule has 0 atom stereocenters. The number of halogens is 1. The number of hydrogen-bond donors (Lipinski definition) is 2. The molecular weight excluding hydrogens is 243 g/mol. The van der Waals surface area contributed by atoms with Gasteiger partial charge < -0.3 is 11.1 Å². The molecule has 0 aromatic heterocycles. The largest absolute Gasteiger partial charge is 0.399 e. The van der Waals surface area contributed by atoms with E-state index in [9.17, 15) is 9.18 Å². The fourth-order valence-electron chi connectivity index (χ4n) is 1.78. The minimum atomic E-state index is -0.586. The Hall–Kier alpha value is -2.36. The monoisotopic (exact) mass is 258 g/mol. The number of nitrogen functional groups attached to an aromatic ring is 1. The van der Waals surface area contributed by atoms with Gasteiger partial charge in [-0.3, -0.25) is 4.79 Å². The van der Waals surface area contributed by atoms with E-state index in [2.05, 4.69) is 5.32 Å². The Labute approximate surface area is 111 Å². The Kier molecular flexibility index (Phi) is 3.51. The van der Waals surface area contributed by atoms with Crippen molar-refractivity contribution < 1.29 is 9.18 Å². The molecule has 3 nitrogen and oxygen atoms in total. The summed E-state index contributed by atoms with van der Waals surface area (Å²) in [6.45, 7) is 3.81. The summed E-state index contributed by atoms with van der Waals surface area (Å²) in [5.41, 5.74) is 8.48. The van der Waals surface area contributed by atoms with Crippen molar-refractivity contribution in [1.29, 1.82) is 0 Å². The number of rotatable bonds is 2. The number of anilines is 2. The molecule has 0 radical (unpaired) electrons. The molecule has 0 heterocycles. The number of nitrogens with two attached hydrogens (primary N) is 1. The van der Waals surface area contributed by atoms with Crippen molar-refractivity contribution in [2.75, 3.05) is 11.1 Å². The maximum absolute atomic E-state index is 13.6. The average Bonchev–Trinajstić information content (AvgIpc) is 2.36. The first-order valence-electron chi connectivity index (χ1n) is 5.91. The predicted octanol–water partition coefficient (Wildman–Crippen LogP) is 3.28. The highest BCUT2D eigenvalue weighted by atomic mass is 19.1. The van der Waals surface area contributed by atoms with Crippen LogP contribution in [0, 0.1) is 19.7 Å². The van der Waals surface area contributed by atoms with E-state index < -0.39 is 11.7 Å². The molecule has 0 spiro atoms. The molecule has 1 amide bonds. The summed E-state index contributed by atoms with van der Waals surface area (Å²) in [7, 11) is 0. The van der Waals surface area contributed by atoms with Crippen LogP contribution in [0.1, 0.15) is 21.5 Å². The van der Waals surface area contributed by atoms with Crippen molar-refractivity contribution in [2.45, 2.75) is 13.8 Å². The third-order valence-electron chi connectivity index (χ3n) is 2.88. The fraction of sp³-hybridized carbons (Fsp3) is 0.133. The molecule has 0 fully saturated rings. The molecule has 0 bridgehead atoms. The molecule has 2 aromatic rings. The van der Waals surface area contributed by atoms with Crippen LogP contribution in [0.2, 0.25) is 0 Å². The first kappa shape index (κ1) is 13.1. The summed E-state index contributed by atoms with van der Waals surface area (Å²) in [5, 5.41) is 2.70. The third-order valence-corrected chi connectivity index (χ3v) is 2.88. The van der Waals surface area contributed by atoms with Crippen LogP contribution in [0.3, 0.4) is 0 Å². The molecule has 19 heavy (non-hydrogen) atoms. The van der Waals surface area contributed by atoms with Crippen LogP contribution in [0.15, 0.2) is 36.4 Å². The van der Waals surface area contributed by atoms with Crippen molar-refractivity contribution in [1.82, 2.24) is 0 Å². The van der Waals surface area contributed by atoms with Crippen LogP contribution in [-0.4, -0.2) is 5.91 Å². The summed E-state index contributed by atoms with van der Waals surface area (Å²) < 4.78 is 13.6. The zero-order valence-corrected chi connectivity index (χ0v) is 10.8. The van der Waals surface area contributed by atoms with Crippen molar-refractivity contribution in [3.63, 3.8) is 0 Å². The summed E-state index contributed by atoms with van der Waals surface area (Å²) >= 11 is 0. The van der Waals surface area contributed by atoms with Gasteiger partial charge in [0.25, 0.3) is 5.91 Å². The van der Waals surface area contributed by atoms with Gasteiger partial charge in [-0.15, -0.1) is 0 Å². The maximum Gasteiger partial charge on any atom is 0.258 e. The second-order valence-electron chi connectivity index (χ2n) is 4.51. The van der Waals surface area contributed by atoms with Gasteiger partial charge in [0.05, 0.1) is 5.56 Å². The molecule has 4 heteroatoms. The zero-order chi connectivity index (χ0) is 14.0. The highest BCUT2D eigenvalue weighted by Gasteiger charge is 2.13. The van der Waals surface area contributed by atoms with Gasteiger partial charge in [0.2, 0.25) is 0 Å². The molecule has 0 saturated carbocycles. The summed E-state index contributed by atoms with van der Waals surface area (Å²) in [6, 6.07) is 9.64. The number of carbonyl (C=O) groups is 1. The van der Waals surface area contributed by atoms with Crippen LogP contribution in [-0.2, 0) is 0 Å². The van der Waals surface area contributed by atoms with Gasteiger partial charge in [-0.25, -0.2) is 4.39 Å². The Balaban J connectivity index is 2.30. The van der Waals surface area contributed by atoms with E-state index in [-0.39, 0.29) is 5.56 Å². The molecule has 0 aliphatic carbocycles. The highest BCUT2D eigenvalue weighted by molar-refractivity contribution is 6.05. The Morgan fingerprint density at radius 2 is 1.89 bits per heavy atom. The molecule has 0 saturated heterocycles. The van der Waals surface area contributed by atoms with Gasteiger partial charge in [0, 0.05) is 11.4 Å². The minimum Gasteiger partial charge on any atom is -0.399 e. The number of carbonyl (C=O) groups excluding carboxylic acids is 1. The number of aryl methyl sites for hydroxylation is 2. The lowest BCUT2D eigenvalue weighted by Gasteiger charge is -2.10. The molecule has 0 aliphatic rings. The van der Waals surface area contributed by atoms with Crippen molar-refractivity contribution in [3.8, 4) is 0 Å². The molecule has 2 aromatic carbocycles. The minimum absolute atomic E-state index is 0.0547. The predicted molar refractivity (Wildman–Crippen MR) is 74.7 cm³/mol. The van der Waals surface area contributed by atoms with Crippen LogP contribution >= 0.6 is 0 Å². The van der Waals surface area contributed by atoms with E-state index in [1.54, 1.807) is 0 Å². The van der Waals surface area contributed by atoms with Crippen molar-refractivity contribution >= 4 is 17.3 Å². The number of nitrogens with one attached hydrogen (secondary N) is 1. The number of benzene rings is 2. The second-order valence-corrected chi connectivity index (χ2v) is 4.51. The Morgan fingerprint density at radius 1 is 1.16 bits per heavy atom. The second kappa shape index (κ2) is 5.10. The van der Waals surface area contributed by atoms with E-state index in [1.165, 1.54) is 18.2 Å². The topological polar surface area (TPSA) is 55.1 Å². The SMILES string of the molecule is Cc1ccc(C)c(NC(=O)c2cc(N)ccc2F)c1. The lowest BCUT2D eigenvalue weighted by atomic mass is 10.1. The lowest BCUT2D eigenvalue weighted by Crippen LogP contribution is -2.15. The van der Waals surface area contributed by atoms with E-state index in [1.807, 2.05) is 32.0 Å². The fourth-order valence-corrected chi connectivity index (χ4v) is 1.78. The van der Waals surface area contributed by atoms with Gasteiger partial charge in [-0.2, -0.15) is 0 Å². The van der Waals surface area contributed by atoms with Crippen LogP contribution in [0.5, 0.6) is 0 Å². The number of hydrogen-bond acceptors (Lipinski definition) is 2. The normalized spacial score (nSPS) is 10.3. The van der Waals surface area contributed by atoms with E-state index in [0.717, 1.165) is 11.1 Å². The summed E-state index contributed by atoms with van der Waals surface area (Å²) in [5.74, 6) is -1.09. The molecule has 3 N–H and O–H groups in total. The van der Waals surface area contributed by atoms with Gasteiger partial charge in [0.15, 0.2) is 0 Å². The molecule has 0 aliphatic heterocycles. The average molecular weight is 258 g/mol. The highest BCUT2D eigenvalue weighted by Crippen LogP contribution is 2.19. The zero-order valence-electron chi connectivity index (χ0n) is 10.8. The van der Waals surface area contributed by atoms with Gasteiger partial charge in [0.1, 0.15) is 5.82 Å². The standard InChI is InChI=1S/C15H15FN2O/c1-9-3-4-10(2)14(7-9)18-15(19)12-8-11(17)5-6-13(12)16/h3-8H,17H2,1-2H3,(H,18,19). The summed E-state index contributed by atoms with van der Waals surface area (Å²) in [4.78, 5) is 12.0. The van der Waals surface area contributed by atoms with Gasteiger partial charge in [-0.05, 0) is 49.2 Å². The van der Waals surface area contributed by atoms with Crippen LogP contribution < -0.4 is 11.1 Å². The smallest absolute Gasteiger partial charge is 0.258 e. The molecular formula is C15H15FN2O. The van der Waals surface area contributed by atoms with E-state index in [4.69, 9.17) is 5.73 Å². The maximum atomic E-state index is 13.6. The van der Waals surface area contributed by atoms with E-state index >= 15 is 0 Å². The molecule has 0 unspecified atom stereocenters. The quantitative estimate of drug-likeness (QED) is 0.812. The number of amides is 1. The first-order valence-corrected chi connectivity index (χ1v) is 5.91. The van der Waals surface area contributed by atoms with Crippen LogP contribution in [0.25, 0.3) is 0 Å². The third kappa shape index (κ3) is 2.91. The Morgan fingerprint density at radius 3 is 2.63 bits per heavy atom. The summed E-state index contributed by atoms with van der Waals surface area (Å²) in [6.07, 6.45) is 0. The Bertz CT molecular complexity index is 638. The van der Waals surface area contributed by atoms with E-state index in [0.29, 0.717) is 11.4 Å². The first-order chi connectivity index (χ1) is 8.97. The van der Waals surface area contributed by atoms with Crippen molar-refractivity contribution in [3.05, 3.63) is 58.9 Å². The van der Waals surface area contributed by atoms with Crippen LogP contribution in [0.4, 0.5) is 15.8 Å². The molecule has 98 valence electrons. The van der Waals surface area contributed by atoms with Crippen molar-refractivity contribution in [2.24, 2.45) is 0 Å². The van der Waals surface area contributed by atoms with Gasteiger partial charge >= 0.3 is 0 Å². The van der Waals surface area contributed by atoms with Gasteiger partial charge in [-0.1, -0.05) is 12.1 Å². The lowest BCUT2D eigenvalue weighted by molar-refractivity contribution is 0.102. The molecule has 2 rings (SSSR count).